The maximum atomic E-state index is 4.96. The first-order chi connectivity index (χ1) is 12.2. The van der Waals surface area contributed by atoms with Gasteiger partial charge in [0.05, 0.1) is 16.9 Å². The van der Waals surface area contributed by atoms with Crippen molar-refractivity contribution >= 4 is 6.21 Å². The average Bonchev–Trinajstić information content (AvgIpc) is 3.35. The summed E-state index contributed by atoms with van der Waals surface area (Å²) < 4.78 is 2.25. The molecule has 4 aliphatic rings. The van der Waals surface area contributed by atoms with E-state index in [1.807, 2.05) is 0 Å². The van der Waals surface area contributed by atoms with Crippen LogP contribution in [-0.2, 0) is 13.0 Å². The smallest absolute Gasteiger partial charge is 0.0839 e. The Morgan fingerprint density at radius 3 is 2.80 bits per heavy atom. The van der Waals surface area contributed by atoms with Gasteiger partial charge < -0.3 is 15.1 Å². The minimum absolute atomic E-state index is 0.269. The van der Waals surface area contributed by atoms with Gasteiger partial charge in [-0.05, 0) is 32.7 Å². The van der Waals surface area contributed by atoms with Crippen molar-refractivity contribution in [2.45, 2.75) is 50.2 Å². The van der Waals surface area contributed by atoms with Gasteiger partial charge in [-0.15, -0.1) is 0 Å². The standard InChI is InChI=1S/C19H30N6/c1-23-10-12-24(13-11-23)8-3-15-18-16(2-7-20-15)22-25-9-6-19(4-5-19)21-14-17(18)25/h14-15,20H,2-13H2,1H3. The molecular formula is C19H30N6. The molecule has 4 heterocycles. The zero-order valence-electron chi connectivity index (χ0n) is 15.4. The number of aliphatic imine (C=N–C) groups is 1. The molecule has 6 heteroatoms. The van der Waals surface area contributed by atoms with Crippen molar-refractivity contribution in [3.63, 3.8) is 0 Å². The van der Waals surface area contributed by atoms with E-state index >= 15 is 0 Å². The van der Waals surface area contributed by atoms with Crippen molar-refractivity contribution in [2.75, 3.05) is 46.3 Å². The lowest BCUT2D eigenvalue weighted by molar-refractivity contribution is 0.148. The van der Waals surface area contributed by atoms with E-state index in [1.54, 1.807) is 0 Å². The molecule has 1 aromatic heterocycles. The van der Waals surface area contributed by atoms with Crippen LogP contribution in [0, 0.1) is 0 Å². The largest absolute Gasteiger partial charge is 0.309 e. The lowest BCUT2D eigenvalue weighted by atomic mass is 9.95. The summed E-state index contributed by atoms with van der Waals surface area (Å²) in [4.78, 5) is 9.99. The number of likely N-dealkylation sites (N-methyl/N-ethyl adjacent to an activating group) is 1. The van der Waals surface area contributed by atoms with Gasteiger partial charge in [0.1, 0.15) is 0 Å². The van der Waals surface area contributed by atoms with E-state index in [9.17, 15) is 0 Å². The summed E-state index contributed by atoms with van der Waals surface area (Å²) in [5.41, 5.74) is 4.32. The van der Waals surface area contributed by atoms with Crippen LogP contribution in [0.2, 0.25) is 0 Å². The second-order valence-electron chi connectivity index (χ2n) is 8.39. The van der Waals surface area contributed by atoms with Crippen molar-refractivity contribution in [2.24, 2.45) is 4.99 Å². The first kappa shape index (κ1) is 16.0. The van der Waals surface area contributed by atoms with E-state index in [0.29, 0.717) is 6.04 Å². The van der Waals surface area contributed by atoms with Gasteiger partial charge in [0.25, 0.3) is 0 Å². The monoisotopic (exact) mass is 342 g/mol. The Morgan fingerprint density at radius 2 is 2.00 bits per heavy atom. The fraction of sp³-hybridized carbons (Fsp3) is 0.789. The number of rotatable bonds is 3. The third-order valence-electron chi connectivity index (χ3n) is 6.61. The highest BCUT2D eigenvalue weighted by atomic mass is 15.3. The first-order valence-corrected chi connectivity index (χ1v) is 10.0. The number of aryl methyl sites for hydroxylation is 1. The van der Waals surface area contributed by atoms with Gasteiger partial charge in [0.15, 0.2) is 0 Å². The summed E-state index contributed by atoms with van der Waals surface area (Å²) in [5, 5.41) is 8.73. The van der Waals surface area contributed by atoms with E-state index < -0.39 is 0 Å². The Morgan fingerprint density at radius 1 is 1.16 bits per heavy atom. The first-order valence-electron chi connectivity index (χ1n) is 10.0. The molecule has 0 bridgehead atoms. The van der Waals surface area contributed by atoms with Crippen molar-refractivity contribution in [1.29, 1.82) is 0 Å². The number of fused-ring (bicyclic) bond motifs is 3. The minimum Gasteiger partial charge on any atom is -0.309 e. The van der Waals surface area contributed by atoms with Crippen LogP contribution < -0.4 is 5.32 Å². The predicted octanol–water partition coefficient (Wildman–Crippen LogP) is 1.06. The maximum absolute atomic E-state index is 4.96. The lowest BCUT2D eigenvalue weighted by Gasteiger charge is -2.34. The zero-order valence-corrected chi connectivity index (χ0v) is 15.4. The van der Waals surface area contributed by atoms with Gasteiger partial charge in [0.2, 0.25) is 0 Å². The number of hydrogen-bond acceptors (Lipinski definition) is 5. The van der Waals surface area contributed by atoms with Gasteiger partial charge in [-0.1, -0.05) is 0 Å². The van der Waals surface area contributed by atoms with E-state index in [1.165, 1.54) is 68.9 Å². The summed E-state index contributed by atoms with van der Waals surface area (Å²) in [7, 11) is 2.22. The Balaban J connectivity index is 1.33. The van der Waals surface area contributed by atoms with Crippen molar-refractivity contribution < 1.29 is 0 Å². The third kappa shape index (κ3) is 3.04. The van der Waals surface area contributed by atoms with E-state index in [-0.39, 0.29) is 5.54 Å². The second kappa shape index (κ2) is 6.18. The van der Waals surface area contributed by atoms with Crippen LogP contribution in [-0.4, -0.2) is 77.7 Å². The molecule has 0 amide bonds. The molecule has 25 heavy (non-hydrogen) atoms. The van der Waals surface area contributed by atoms with Gasteiger partial charge in [-0.25, -0.2) is 0 Å². The van der Waals surface area contributed by atoms with Gasteiger partial charge in [-0.3, -0.25) is 9.67 Å². The molecule has 5 rings (SSSR count). The van der Waals surface area contributed by atoms with Crippen molar-refractivity contribution in [1.82, 2.24) is 24.9 Å². The summed E-state index contributed by atoms with van der Waals surface area (Å²) in [6.07, 6.45) is 8.08. The Kier molecular flexibility index (Phi) is 3.95. The van der Waals surface area contributed by atoms with Crippen LogP contribution in [0.3, 0.4) is 0 Å². The van der Waals surface area contributed by atoms with Gasteiger partial charge >= 0.3 is 0 Å². The second-order valence-corrected chi connectivity index (χ2v) is 8.39. The molecule has 1 aliphatic carbocycles. The van der Waals surface area contributed by atoms with Crippen molar-refractivity contribution in [3.8, 4) is 0 Å². The molecule has 136 valence electrons. The SMILES string of the molecule is CN1CCN(CCC2NCCc3nn4c(c32)C=NC2(CC4)CC2)CC1. The Labute approximate surface area is 150 Å². The van der Waals surface area contributed by atoms with E-state index in [2.05, 4.69) is 33.1 Å². The fourth-order valence-electron chi connectivity index (χ4n) is 4.61. The fourth-order valence-corrected chi connectivity index (χ4v) is 4.61. The number of piperazine rings is 1. The third-order valence-corrected chi connectivity index (χ3v) is 6.61. The molecule has 6 nitrogen and oxygen atoms in total. The molecule has 0 radical (unpaired) electrons. The summed E-state index contributed by atoms with van der Waals surface area (Å²) in [5.74, 6) is 0. The number of aromatic nitrogens is 2. The van der Waals surface area contributed by atoms with Gasteiger partial charge in [-0.2, -0.15) is 5.10 Å². The Hall–Kier alpha value is -1.24. The van der Waals surface area contributed by atoms with E-state index in [4.69, 9.17) is 10.1 Å². The quantitative estimate of drug-likeness (QED) is 0.892. The topological polar surface area (TPSA) is 48.7 Å². The Bertz CT molecular complexity index is 666. The number of hydrogen-bond donors (Lipinski definition) is 1. The number of nitrogens with one attached hydrogen (secondary N) is 1. The molecule has 3 aliphatic heterocycles. The average molecular weight is 342 g/mol. The van der Waals surface area contributed by atoms with Crippen LogP contribution in [0.15, 0.2) is 4.99 Å². The highest BCUT2D eigenvalue weighted by Crippen LogP contribution is 2.44. The van der Waals surface area contributed by atoms with Crippen molar-refractivity contribution in [3.05, 3.63) is 17.0 Å². The molecule has 2 fully saturated rings. The van der Waals surface area contributed by atoms with Crippen LogP contribution in [0.5, 0.6) is 0 Å². The van der Waals surface area contributed by atoms with Crippen LogP contribution in [0.4, 0.5) is 0 Å². The molecule has 1 aromatic rings. The number of nitrogens with zero attached hydrogens (tertiary/aromatic N) is 5. The molecule has 1 saturated heterocycles. The highest BCUT2D eigenvalue weighted by molar-refractivity contribution is 5.81. The molecule has 1 spiro atoms. The molecule has 1 saturated carbocycles. The van der Waals surface area contributed by atoms with Crippen LogP contribution in [0.1, 0.15) is 48.7 Å². The molecule has 1 N–H and O–H groups in total. The van der Waals surface area contributed by atoms with Gasteiger partial charge in [0, 0.05) is 70.1 Å². The highest BCUT2D eigenvalue weighted by Gasteiger charge is 2.43. The predicted molar refractivity (Wildman–Crippen MR) is 99.4 cm³/mol. The molecule has 1 unspecified atom stereocenters. The van der Waals surface area contributed by atoms with Crippen LogP contribution in [0.25, 0.3) is 0 Å². The normalized spacial score (nSPS) is 28.6. The van der Waals surface area contributed by atoms with Crippen LogP contribution >= 0.6 is 0 Å². The maximum Gasteiger partial charge on any atom is 0.0839 e. The summed E-state index contributed by atoms with van der Waals surface area (Å²) >= 11 is 0. The summed E-state index contributed by atoms with van der Waals surface area (Å²) in [6.45, 7) is 8.06. The minimum atomic E-state index is 0.269. The zero-order chi connectivity index (χ0) is 16.9. The molecule has 1 atom stereocenters. The molecular weight excluding hydrogens is 312 g/mol. The lowest BCUT2D eigenvalue weighted by Crippen LogP contribution is -2.45. The van der Waals surface area contributed by atoms with E-state index in [0.717, 1.165) is 25.9 Å². The molecule has 0 aromatic carbocycles. The summed E-state index contributed by atoms with van der Waals surface area (Å²) in [6, 6.07) is 0.437.